The molecule has 0 radical (unpaired) electrons. The summed E-state index contributed by atoms with van der Waals surface area (Å²) in [5, 5.41) is 11.9. The third-order valence-electron chi connectivity index (χ3n) is 1.61. The minimum absolute atomic E-state index is 0.0174. The fourth-order valence-electron chi connectivity index (χ4n) is 1.03. The van der Waals surface area contributed by atoms with E-state index in [9.17, 15) is 14.7 Å². The molecule has 5 nitrogen and oxygen atoms in total. The summed E-state index contributed by atoms with van der Waals surface area (Å²) in [6.45, 7) is 1.30. The van der Waals surface area contributed by atoms with Crippen molar-refractivity contribution in [2.24, 2.45) is 5.73 Å². The molecule has 0 saturated heterocycles. The van der Waals surface area contributed by atoms with E-state index < -0.39 is 5.91 Å². The van der Waals surface area contributed by atoms with Crippen molar-refractivity contribution in [1.82, 2.24) is 0 Å². The van der Waals surface area contributed by atoms with Crippen molar-refractivity contribution in [3.63, 3.8) is 0 Å². The molecule has 1 rings (SSSR count). The van der Waals surface area contributed by atoms with Crippen LogP contribution in [0.3, 0.4) is 0 Å². The lowest BCUT2D eigenvalue weighted by Gasteiger charge is -2.07. The molecule has 0 aliphatic carbocycles. The second kappa shape index (κ2) is 3.78. The Hall–Kier alpha value is -2.04. The van der Waals surface area contributed by atoms with Gasteiger partial charge in [0.25, 0.3) is 5.91 Å². The molecule has 0 saturated carbocycles. The molecule has 4 N–H and O–H groups in total. The third kappa shape index (κ3) is 2.01. The molecule has 0 fully saturated rings. The monoisotopic (exact) mass is 194 g/mol. The summed E-state index contributed by atoms with van der Waals surface area (Å²) < 4.78 is 0. The Kier molecular flexibility index (Phi) is 2.71. The highest BCUT2D eigenvalue weighted by Gasteiger charge is 2.11. The zero-order chi connectivity index (χ0) is 10.7. The van der Waals surface area contributed by atoms with Gasteiger partial charge in [0.2, 0.25) is 5.91 Å². The normalized spacial score (nSPS) is 9.50. The van der Waals surface area contributed by atoms with Crippen LogP contribution in [-0.2, 0) is 4.79 Å². The number of amides is 2. The topological polar surface area (TPSA) is 92.4 Å². The Labute approximate surface area is 80.5 Å². The molecule has 0 bridgehead atoms. The van der Waals surface area contributed by atoms with E-state index in [1.807, 2.05) is 0 Å². The van der Waals surface area contributed by atoms with E-state index in [0.717, 1.165) is 0 Å². The molecule has 0 aliphatic rings. The largest absolute Gasteiger partial charge is 0.505 e. The maximum Gasteiger partial charge on any atom is 0.252 e. The summed E-state index contributed by atoms with van der Waals surface area (Å²) in [7, 11) is 0. The minimum Gasteiger partial charge on any atom is -0.505 e. The van der Waals surface area contributed by atoms with Crippen molar-refractivity contribution in [3.8, 4) is 5.75 Å². The van der Waals surface area contributed by atoms with Crippen molar-refractivity contribution in [2.75, 3.05) is 5.32 Å². The van der Waals surface area contributed by atoms with Gasteiger partial charge < -0.3 is 16.2 Å². The lowest BCUT2D eigenvalue weighted by molar-refractivity contribution is -0.114. The number of benzene rings is 1. The molecule has 0 aromatic heterocycles. The molecule has 0 spiro atoms. The number of carbonyl (C=O) groups is 2. The summed E-state index contributed by atoms with van der Waals surface area (Å²) in [6.07, 6.45) is 0. The molecule has 74 valence electrons. The maximum atomic E-state index is 10.8. The summed E-state index contributed by atoms with van der Waals surface area (Å²) in [5.41, 5.74) is 5.16. The number of para-hydroxylation sites is 1. The maximum absolute atomic E-state index is 10.8. The van der Waals surface area contributed by atoms with Gasteiger partial charge in [0.1, 0.15) is 0 Å². The highest BCUT2D eigenvalue weighted by molar-refractivity contribution is 5.99. The van der Waals surface area contributed by atoms with Crippen LogP contribution < -0.4 is 11.1 Å². The number of aromatic hydroxyl groups is 1. The molecule has 2 amide bonds. The van der Waals surface area contributed by atoms with E-state index in [1.54, 1.807) is 0 Å². The number of hydrogen-bond acceptors (Lipinski definition) is 3. The van der Waals surface area contributed by atoms with Crippen molar-refractivity contribution in [2.45, 2.75) is 6.92 Å². The first-order valence-electron chi connectivity index (χ1n) is 3.91. The first-order chi connectivity index (χ1) is 6.52. The molecule has 0 aliphatic heterocycles. The number of nitrogens with one attached hydrogen (secondary N) is 1. The van der Waals surface area contributed by atoms with Crippen molar-refractivity contribution in [3.05, 3.63) is 23.8 Å². The Morgan fingerprint density at radius 1 is 1.43 bits per heavy atom. The Morgan fingerprint density at radius 2 is 2.07 bits per heavy atom. The van der Waals surface area contributed by atoms with Crippen LogP contribution in [0, 0.1) is 0 Å². The highest BCUT2D eigenvalue weighted by Crippen LogP contribution is 2.26. The number of rotatable bonds is 2. The van der Waals surface area contributed by atoms with Crippen molar-refractivity contribution in [1.29, 1.82) is 0 Å². The van der Waals surface area contributed by atoms with E-state index in [4.69, 9.17) is 5.73 Å². The average Bonchev–Trinajstić information content (AvgIpc) is 2.07. The smallest absolute Gasteiger partial charge is 0.252 e. The Morgan fingerprint density at radius 3 is 2.57 bits per heavy atom. The molecule has 1 aromatic rings. The van der Waals surface area contributed by atoms with Crippen LogP contribution in [0.25, 0.3) is 0 Å². The van der Waals surface area contributed by atoms with E-state index in [1.165, 1.54) is 25.1 Å². The molecule has 0 atom stereocenters. The zero-order valence-electron chi connectivity index (χ0n) is 7.57. The van der Waals surface area contributed by atoms with Gasteiger partial charge in [0.05, 0.1) is 11.3 Å². The van der Waals surface area contributed by atoms with Gasteiger partial charge in [-0.05, 0) is 12.1 Å². The molecule has 14 heavy (non-hydrogen) atoms. The van der Waals surface area contributed by atoms with Gasteiger partial charge in [-0.15, -0.1) is 0 Å². The molecule has 0 unspecified atom stereocenters. The summed E-state index contributed by atoms with van der Waals surface area (Å²) in [6, 6.07) is 4.37. The number of primary amides is 1. The summed E-state index contributed by atoms with van der Waals surface area (Å²) in [5.74, 6) is -1.38. The van der Waals surface area contributed by atoms with Gasteiger partial charge >= 0.3 is 0 Å². The SMILES string of the molecule is CC(=O)Nc1cccc(C(N)=O)c1O. The molecule has 5 heteroatoms. The first kappa shape index (κ1) is 10.0. The van der Waals surface area contributed by atoms with Crippen LogP contribution in [-0.4, -0.2) is 16.9 Å². The second-order valence-corrected chi connectivity index (χ2v) is 2.75. The van der Waals surface area contributed by atoms with Crippen LogP contribution in [0.15, 0.2) is 18.2 Å². The van der Waals surface area contributed by atoms with E-state index in [0.29, 0.717) is 0 Å². The van der Waals surface area contributed by atoms with Gasteiger partial charge in [-0.2, -0.15) is 0 Å². The number of nitrogens with two attached hydrogens (primary N) is 1. The average molecular weight is 194 g/mol. The lowest BCUT2D eigenvalue weighted by Crippen LogP contribution is -2.13. The highest BCUT2D eigenvalue weighted by atomic mass is 16.3. The number of carbonyl (C=O) groups excluding carboxylic acids is 2. The third-order valence-corrected chi connectivity index (χ3v) is 1.61. The molecular formula is C9H10N2O3. The molecule has 0 heterocycles. The molecular weight excluding hydrogens is 184 g/mol. The Bertz CT molecular complexity index is 388. The predicted octanol–water partition coefficient (Wildman–Crippen LogP) is 0.450. The van der Waals surface area contributed by atoms with Gasteiger partial charge in [0, 0.05) is 6.92 Å². The van der Waals surface area contributed by atoms with Crippen LogP contribution in [0.4, 0.5) is 5.69 Å². The Balaban J connectivity index is 3.13. The second-order valence-electron chi connectivity index (χ2n) is 2.75. The standard InChI is InChI=1S/C9H10N2O3/c1-5(12)11-7-4-2-3-6(8(7)13)9(10)14/h2-4,13H,1H3,(H2,10,14)(H,11,12). The summed E-state index contributed by atoms with van der Waals surface area (Å²) >= 11 is 0. The number of hydrogen-bond donors (Lipinski definition) is 3. The minimum atomic E-state index is -0.741. The van der Waals surface area contributed by atoms with Crippen LogP contribution in [0.5, 0.6) is 5.75 Å². The van der Waals surface area contributed by atoms with Gasteiger partial charge in [0.15, 0.2) is 5.75 Å². The van der Waals surface area contributed by atoms with Crippen molar-refractivity contribution >= 4 is 17.5 Å². The van der Waals surface area contributed by atoms with E-state index >= 15 is 0 Å². The number of anilines is 1. The van der Waals surface area contributed by atoms with Crippen molar-refractivity contribution < 1.29 is 14.7 Å². The quantitative estimate of drug-likeness (QED) is 0.597. The fourth-order valence-corrected chi connectivity index (χ4v) is 1.03. The first-order valence-corrected chi connectivity index (χ1v) is 3.91. The zero-order valence-corrected chi connectivity index (χ0v) is 7.57. The molecule has 1 aromatic carbocycles. The van der Waals surface area contributed by atoms with Crippen LogP contribution >= 0.6 is 0 Å². The fraction of sp³-hybridized carbons (Fsp3) is 0.111. The van der Waals surface area contributed by atoms with Gasteiger partial charge in [-0.1, -0.05) is 6.07 Å². The van der Waals surface area contributed by atoms with E-state index in [2.05, 4.69) is 5.32 Å². The van der Waals surface area contributed by atoms with E-state index in [-0.39, 0.29) is 22.9 Å². The van der Waals surface area contributed by atoms with Crippen LogP contribution in [0.1, 0.15) is 17.3 Å². The van der Waals surface area contributed by atoms with Gasteiger partial charge in [-0.25, -0.2) is 0 Å². The van der Waals surface area contributed by atoms with Gasteiger partial charge in [-0.3, -0.25) is 9.59 Å². The lowest BCUT2D eigenvalue weighted by atomic mass is 10.1. The predicted molar refractivity (Wildman–Crippen MR) is 50.9 cm³/mol. The van der Waals surface area contributed by atoms with Crippen LogP contribution in [0.2, 0.25) is 0 Å². The number of phenols is 1. The summed E-state index contributed by atoms with van der Waals surface area (Å²) in [4.78, 5) is 21.5.